The molecule has 0 fully saturated rings. The number of rotatable bonds is 24. The van der Waals surface area contributed by atoms with Gasteiger partial charge >= 0.3 is 35.7 Å². The molecule has 18 heteroatoms. The van der Waals surface area contributed by atoms with Gasteiger partial charge in [0.15, 0.2) is 6.04 Å². The Morgan fingerprint density at radius 2 is 0.585 bits per heavy atom. The largest absolute Gasteiger partial charge is 0.407 e. The molecule has 82 heavy (non-hydrogen) atoms. The van der Waals surface area contributed by atoms with Crippen LogP contribution >= 0.6 is 52.7 Å². The zero-order valence-corrected chi connectivity index (χ0v) is 60.1. The topological polar surface area (TPSA) is 73.8 Å². The van der Waals surface area contributed by atoms with Crippen LogP contribution in [-0.2, 0) is 59.6 Å². The van der Waals surface area contributed by atoms with Crippen LogP contribution in [0.1, 0.15) is 49.9 Å². The molecule has 0 atom stereocenters. The van der Waals surface area contributed by atoms with Gasteiger partial charge in [-0.3, -0.25) is 0 Å². The fourth-order valence-corrected chi connectivity index (χ4v) is 21.6. The molecule has 0 bridgehead atoms. The van der Waals surface area contributed by atoms with Crippen molar-refractivity contribution in [1.29, 1.82) is 0 Å². The molecule has 0 aliphatic carbocycles. The molecule has 0 N–H and O–H groups in total. The van der Waals surface area contributed by atoms with Gasteiger partial charge in [-0.2, -0.15) is 0 Å². The minimum absolute atomic E-state index is 0.649. The summed E-state index contributed by atoms with van der Waals surface area (Å²) < 4.78 is 45.5. The monoisotopic (exact) mass is 1380 g/mol. The van der Waals surface area contributed by atoms with E-state index >= 15 is 0 Å². The zero-order chi connectivity index (χ0) is 59.5. The molecule has 0 aliphatic rings. The Kier molecular flexibility index (Phi) is 39.6. The van der Waals surface area contributed by atoms with Crippen LogP contribution in [0.5, 0.6) is 0 Å². The second-order valence-corrected chi connectivity index (χ2v) is 44.6. The van der Waals surface area contributed by atoms with Gasteiger partial charge in [-0.15, -0.1) is 52.7 Å². The average molecular weight is 1380 g/mol. The summed E-state index contributed by atoms with van der Waals surface area (Å²) in [5.41, 5.74) is 5.25. The normalized spacial score (nSPS) is 10.9. The van der Waals surface area contributed by atoms with Gasteiger partial charge in [0.25, 0.3) is 0 Å². The second kappa shape index (κ2) is 44.7. The molecule has 8 rings (SSSR count). The van der Waals surface area contributed by atoms with Gasteiger partial charge in [0.05, 0.1) is 0 Å². The van der Waals surface area contributed by atoms with E-state index in [4.69, 9.17) is 57.6 Å². The van der Waals surface area contributed by atoms with E-state index in [1.807, 2.05) is 161 Å². The minimum atomic E-state index is -2.55. The maximum Gasteiger partial charge on any atom is 0.407 e. The standard InChI is InChI=1S/C16H20O2Si.C14H16O2Si.C11H18O2Si.C9H14O2Si.C7H8Br2Si.C7H8Cl2Si/c1-3-17-19(18-4-2,15-11-7-5-8-12-15)16-13-9-6-10-14-16;1-15-17(16-2,13-9-5-3-6-10-13)14-11-7-4-8-12-14;1-3-12-14(13-4-2)10-11-8-6-5-7-9-11;1-10-12(11-2)8-9-6-4-3-5-7-9;2*8-10(9)6-7-4-2-1-3-5-7/h5-14H,3-4H2,1-2H3;3-12H,1-2H3;5-9,14H,3-4,10H2,1-2H3;3-7,12H,8H2,1-2H3;2*1-5,10H,6H2. The highest BCUT2D eigenvalue weighted by Gasteiger charge is 2.42. The third-order valence-electron chi connectivity index (χ3n) is 12.1. The van der Waals surface area contributed by atoms with Gasteiger partial charge in [0.2, 0.25) is 7.42 Å². The van der Waals surface area contributed by atoms with Gasteiger partial charge < -0.3 is 35.4 Å². The first-order chi connectivity index (χ1) is 40.0. The Morgan fingerprint density at radius 1 is 0.329 bits per heavy atom. The minimum Gasteiger partial charge on any atom is -0.400 e. The fourth-order valence-electron chi connectivity index (χ4n) is 8.30. The fraction of sp³-hybridized carbons (Fsp3) is 0.250. The predicted octanol–water partition coefficient (Wildman–Crippen LogP) is 12.4. The Labute approximate surface area is 525 Å². The van der Waals surface area contributed by atoms with Gasteiger partial charge in [0.1, 0.15) is 0 Å². The number of hydrogen-bond acceptors (Lipinski definition) is 8. The summed E-state index contributed by atoms with van der Waals surface area (Å²) in [7, 11) is -2.52. The van der Waals surface area contributed by atoms with Crippen molar-refractivity contribution in [2.75, 3.05) is 54.9 Å². The van der Waals surface area contributed by atoms with Crippen LogP contribution in [0, 0.1) is 0 Å². The molecule has 0 radical (unpaired) electrons. The lowest BCUT2D eigenvalue weighted by Gasteiger charge is -2.30. The molecular weight excluding hydrogens is 1300 g/mol. The van der Waals surface area contributed by atoms with E-state index in [-0.39, 0.29) is 0 Å². The maximum absolute atomic E-state index is 6.16. The molecule has 8 aromatic rings. The van der Waals surface area contributed by atoms with Crippen LogP contribution < -0.4 is 20.7 Å². The van der Waals surface area contributed by atoms with E-state index in [1.54, 1.807) is 28.4 Å². The van der Waals surface area contributed by atoms with E-state index in [1.165, 1.54) is 28.3 Å². The molecule has 8 aromatic carbocycles. The van der Waals surface area contributed by atoms with E-state index in [0.717, 1.165) is 52.1 Å². The van der Waals surface area contributed by atoms with Gasteiger partial charge in [-0.25, -0.2) is 0 Å². The van der Waals surface area contributed by atoms with E-state index < -0.39 is 49.1 Å². The van der Waals surface area contributed by atoms with Crippen LogP contribution in [0.3, 0.4) is 0 Å². The van der Waals surface area contributed by atoms with Crippen molar-refractivity contribution in [3.63, 3.8) is 0 Å². The highest BCUT2D eigenvalue weighted by Crippen LogP contribution is 2.13. The number of hydrogen-bond donors (Lipinski definition) is 0. The van der Waals surface area contributed by atoms with Crippen molar-refractivity contribution >= 4 is 123 Å². The summed E-state index contributed by atoms with van der Waals surface area (Å²) in [5.74, 6) is 0. The highest BCUT2D eigenvalue weighted by molar-refractivity contribution is 9.49. The van der Waals surface area contributed by atoms with Crippen molar-refractivity contribution in [3.05, 3.63) is 265 Å². The van der Waals surface area contributed by atoms with Crippen LogP contribution in [0.15, 0.2) is 243 Å². The molecule has 440 valence electrons. The summed E-state index contributed by atoms with van der Waals surface area (Å²) >= 11 is 18.6. The predicted molar refractivity (Wildman–Crippen MR) is 369 cm³/mol. The molecule has 0 amide bonds. The Bertz CT molecular complexity index is 2580. The smallest absolute Gasteiger partial charge is 0.400 e. The SMILES string of the molecule is Br[SiH](Br)Cc1ccccc1.CCO[SiH](Cc1ccccc1)OCC.CCO[Si](OCC)(c1ccccc1)c1ccccc1.CO[SiH](Cc1ccccc1)OC.CO[Si](OC)(c1ccccc1)c1ccccc1.Cl[SiH](Cl)Cc1ccccc1. The highest BCUT2D eigenvalue weighted by atomic mass is 79.9. The van der Waals surface area contributed by atoms with Gasteiger partial charge in [0, 0.05) is 67.0 Å². The molecule has 0 spiro atoms. The molecule has 0 saturated heterocycles. The summed E-state index contributed by atoms with van der Waals surface area (Å²) in [5, 5.41) is 4.56. The second-order valence-electron chi connectivity index (χ2n) is 17.8. The summed E-state index contributed by atoms with van der Waals surface area (Å²) in [6.07, 6.45) is 0. The number of benzene rings is 8. The number of halogens is 4. The molecule has 8 nitrogen and oxygen atoms in total. The van der Waals surface area contributed by atoms with Crippen LogP contribution in [-0.4, -0.2) is 104 Å². The Balaban J connectivity index is 0.000000262. The molecule has 0 aliphatic heterocycles. The molecule has 0 saturated carbocycles. The zero-order valence-electron chi connectivity index (χ0n) is 48.8. The Hall–Kier alpha value is -3.72. The molecule has 0 aromatic heterocycles. The maximum atomic E-state index is 6.16. The lowest BCUT2D eigenvalue weighted by atomic mass is 10.2. The van der Waals surface area contributed by atoms with Crippen molar-refractivity contribution in [2.45, 2.75) is 51.9 Å². The first kappa shape index (κ1) is 72.5. The van der Waals surface area contributed by atoms with Gasteiger partial charge in [-0.1, -0.05) is 243 Å². The lowest BCUT2D eigenvalue weighted by Crippen LogP contribution is -2.63. The lowest BCUT2D eigenvalue weighted by molar-refractivity contribution is 0.208. The van der Waals surface area contributed by atoms with E-state index in [0.29, 0.717) is 13.2 Å². The summed E-state index contributed by atoms with van der Waals surface area (Å²) in [6, 6.07) is 85.3. The van der Waals surface area contributed by atoms with Crippen LogP contribution in [0.25, 0.3) is 0 Å². The molecule has 0 heterocycles. The summed E-state index contributed by atoms with van der Waals surface area (Å²) in [4.78, 5) is 0. The van der Waals surface area contributed by atoms with Gasteiger partial charge in [-0.05, 0) is 82.8 Å². The third-order valence-corrected chi connectivity index (χ3v) is 27.5. The quantitative estimate of drug-likeness (QED) is 0.0438. The first-order valence-corrected chi connectivity index (χ1v) is 46.2. The van der Waals surface area contributed by atoms with Crippen molar-refractivity contribution in [2.24, 2.45) is 0 Å². The van der Waals surface area contributed by atoms with Crippen LogP contribution in [0.2, 0.25) is 0 Å². The Morgan fingerprint density at radius 3 is 0.829 bits per heavy atom. The average Bonchev–Trinajstić information content (AvgIpc) is 3.66. The third kappa shape index (κ3) is 28.0. The molecule has 0 unspecified atom stereocenters. The van der Waals surface area contributed by atoms with Crippen molar-refractivity contribution in [1.82, 2.24) is 0 Å². The van der Waals surface area contributed by atoms with E-state index in [2.05, 4.69) is 140 Å². The first-order valence-electron chi connectivity index (χ1n) is 27.6. The van der Waals surface area contributed by atoms with Crippen LogP contribution in [0.4, 0.5) is 0 Å². The van der Waals surface area contributed by atoms with Crippen molar-refractivity contribution < 1.29 is 35.4 Å². The van der Waals surface area contributed by atoms with E-state index in [9.17, 15) is 0 Å². The summed E-state index contributed by atoms with van der Waals surface area (Å²) in [6.45, 7) is 10.9. The molecular formula is C64H84Br2Cl2O8Si6. The van der Waals surface area contributed by atoms with Crippen molar-refractivity contribution in [3.8, 4) is 0 Å².